The number of esters is 1. The van der Waals surface area contributed by atoms with E-state index in [1.165, 1.54) is 31.4 Å². The molecule has 0 heterocycles. The highest BCUT2D eigenvalue weighted by Gasteiger charge is 2.13. The molecule has 2 rings (SSSR count). The second kappa shape index (κ2) is 10.2. The summed E-state index contributed by atoms with van der Waals surface area (Å²) in [6.07, 6.45) is 1.57. The minimum absolute atomic E-state index is 0.378. The summed E-state index contributed by atoms with van der Waals surface area (Å²) in [6.45, 7) is 1.34. The van der Waals surface area contributed by atoms with Crippen LogP contribution in [0.15, 0.2) is 52.7 Å². The van der Waals surface area contributed by atoms with Crippen LogP contribution in [0.4, 0.5) is 0 Å². The van der Waals surface area contributed by atoms with Gasteiger partial charge in [0, 0.05) is 12.7 Å². The lowest BCUT2D eigenvalue weighted by molar-refractivity contribution is -0.132. The van der Waals surface area contributed by atoms with Crippen LogP contribution in [-0.2, 0) is 10.5 Å². The zero-order valence-electron chi connectivity index (χ0n) is 14.3. The predicted octanol–water partition coefficient (Wildman–Crippen LogP) is 3.81. The summed E-state index contributed by atoms with van der Waals surface area (Å²) in [5, 5.41) is 8.38. The van der Waals surface area contributed by atoms with Crippen LogP contribution < -0.4 is 15.2 Å². The van der Waals surface area contributed by atoms with E-state index >= 15 is 0 Å². The Bertz CT molecular complexity index is 826. The van der Waals surface area contributed by atoms with E-state index in [0.717, 1.165) is 14.9 Å². The van der Waals surface area contributed by atoms with E-state index in [4.69, 9.17) is 15.2 Å². The number of nitrogens with two attached hydrogens (primary N) is 1. The number of thioether (sulfide) groups is 1. The normalized spacial score (nSPS) is 11.6. The van der Waals surface area contributed by atoms with Crippen molar-refractivity contribution in [1.82, 2.24) is 0 Å². The van der Waals surface area contributed by atoms with Gasteiger partial charge in [0.25, 0.3) is 0 Å². The van der Waals surface area contributed by atoms with E-state index in [2.05, 4.69) is 32.8 Å². The van der Waals surface area contributed by atoms with Crippen molar-refractivity contribution >= 4 is 51.7 Å². The van der Waals surface area contributed by atoms with Crippen molar-refractivity contribution in [3.8, 4) is 11.5 Å². The Morgan fingerprint density at radius 2 is 2.04 bits per heavy atom. The van der Waals surface area contributed by atoms with Gasteiger partial charge in [-0.25, -0.2) is 0 Å². The SMILES string of the molecule is COc1cc(C=NN=C(N)SCc2ccccc2)cc(I)c1OC(C)=O. The molecule has 0 aromatic heterocycles. The molecule has 26 heavy (non-hydrogen) atoms. The van der Waals surface area contributed by atoms with Gasteiger partial charge in [-0.15, -0.1) is 5.10 Å². The van der Waals surface area contributed by atoms with Crippen LogP contribution in [-0.4, -0.2) is 24.5 Å². The fourth-order valence-electron chi connectivity index (χ4n) is 1.97. The quantitative estimate of drug-likeness (QED) is 0.169. The molecule has 0 aliphatic heterocycles. The Balaban J connectivity index is 2.04. The van der Waals surface area contributed by atoms with Crippen LogP contribution in [0.1, 0.15) is 18.1 Å². The largest absolute Gasteiger partial charge is 0.493 e. The minimum atomic E-state index is -0.407. The fraction of sp³-hybridized carbons (Fsp3) is 0.167. The first-order chi connectivity index (χ1) is 12.5. The first kappa shape index (κ1) is 20.2. The Labute approximate surface area is 170 Å². The van der Waals surface area contributed by atoms with E-state index in [-0.39, 0.29) is 0 Å². The van der Waals surface area contributed by atoms with Gasteiger partial charge in [0.05, 0.1) is 16.9 Å². The molecule has 0 fully saturated rings. The van der Waals surface area contributed by atoms with Crippen molar-refractivity contribution in [2.45, 2.75) is 12.7 Å². The molecular weight excluding hydrogens is 465 g/mol. The lowest BCUT2D eigenvalue weighted by Gasteiger charge is -2.10. The molecule has 0 amide bonds. The molecule has 136 valence electrons. The van der Waals surface area contributed by atoms with Crippen LogP contribution in [0.2, 0.25) is 0 Å². The number of halogens is 1. The Morgan fingerprint density at radius 1 is 1.31 bits per heavy atom. The average molecular weight is 483 g/mol. The summed E-state index contributed by atoms with van der Waals surface area (Å²) in [6, 6.07) is 13.5. The number of carbonyl (C=O) groups is 1. The maximum absolute atomic E-state index is 11.2. The van der Waals surface area contributed by atoms with Gasteiger partial charge in [-0.05, 0) is 45.9 Å². The Kier molecular flexibility index (Phi) is 7.92. The topological polar surface area (TPSA) is 86.3 Å². The molecule has 6 nitrogen and oxygen atoms in total. The fourth-order valence-corrected chi connectivity index (χ4v) is 3.32. The predicted molar refractivity (Wildman–Crippen MR) is 114 cm³/mol. The minimum Gasteiger partial charge on any atom is -0.493 e. The molecule has 0 saturated carbocycles. The molecule has 2 aromatic carbocycles. The van der Waals surface area contributed by atoms with Crippen LogP contribution in [0, 0.1) is 3.57 Å². The number of benzene rings is 2. The number of rotatable bonds is 6. The van der Waals surface area contributed by atoms with Crippen molar-refractivity contribution in [1.29, 1.82) is 0 Å². The van der Waals surface area contributed by atoms with Crippen molar-refractivity contribution < 1.29 is 14.3 Å². The molecule has 0 spiro atoms. The van der Waals surface area contributed by atoms with Gasteiger partial charge in [0.1, 0.15) is 0 Å². The zero-order valence-corrected chi connectivity index (χ0v) is 17.3. The summed E-state index contributed by atoms with van der Waals surface area (Å²) in [7, 11) is 1.51. The lowest BCUT2D eigenvalue weighted by atomic mass is 10.2. The van der Waals surface area contributed by atoms with E-state index in [1.54, 1.807) is 12.3 Å². The second-order valence-electron chi connectivity index (χ2n) is 5.08. The molecule has 0 saturated heterocycles. The number of nitrogens with zero attached hydrogens (tertiary/aromatic N) is 2. The molecule has 8 heteroatoms. The number of methoxy groups -OCH3 is 1. The monoisotopic (exact) mass is 483 g/mol. The van der Waals surface area contributed by atoms with Gasteiger partial charge in [0.2, 0.25) is 0 Å². The third-order valence-corrected chi connectivity index (χ3v) is 4.75. The van der Waals surface area contributed by atoms with Crippen molar-refractivity contribution in [2.75, 3.05) is 7.11 Å². The van der Waals surface area contributed by atoms with Crippen molar-refractivity contribution in [3.05, 3.63) is 57.2 Å². The van der Waals surface area contributed by atoms with Gasteiger partial charge >= 0.3 is 5.97 Å². The number of carbonyl (C=O) groups excluding carboxylic acids is 1. The molecule has 0 bridgehead atoms. The van der Waals surface area contributed by atoms with E-state index in [9.17, 15) is 4.79 Å². The first-order valence-electron chi connectivity index (χ1n) is 7.58. The number of hydrogen-bond donors (Lipinski definition) is 1. The van der Waals surface area contributed by atoms with Crippen LogP contribution in [0.3, 0.4) is 0 Å². The maximum atomic E-state index is 11.2. The summed E-state index contributed by atoms with van der Waals surface area (Å²) < 4.78 is 11.2. The molecule has 0 atom stereocenters. The second-order valence-corrected chi connectivity index (χ2v) is 7.24. The Morgan fingerprint density at radius 3 is 2.69 bits per heavy atom. The summed E-state index contributed by atoms with van der Waals surface area (Å²) in [5.74, 6) is 1.16. The highest BCUT2D eigenvalue weighted by Crippen LogP contribution is 2.33. The zero-order chi connectivity index (χ0) is 18.9. The molecule has 0 unspecified atom stereocenters. The average Bonchev–Trinajstić information content (AvgIpc) is 2.62. The molecule has 2 N–H and O–H groups in total. The van der Waals surface area contributed by atoms with Gasteiger partial charge in [-0.2, -0.15) is 5.10 Å². The first-order valence-corrected chi connectivity index (χ1v) is 9.65. The van der Waals surface area contributed by atoms with E-state index in [1.807, 2.05) is 36.4 Å². The highest BCUT2D eigenvalue weighted by molar-refractivity contribution is 14.1. The Hall–Kier alpha value is -2.07. The van der Waals surface area contributed by atoms with Crippen molar-refractivity contribution in [3.63, 3.8) is 0 Å². The van der Waals surface area contributed by atoms with E-state index in [0.29, 0.717) is 16.7 Å². The highest BCUT2D eigenvalue weighted by atomic mass is 127. The number of amidine groups is 1. The summed E-state index contributed by atoms with van der Waals surface area (Å²) in [5.41, 5.74) is 7.79. The number of ether oxygens (including phenoxy) is 2. The van der Waals surface area contributed by atoms with Gasteiger partial charge in [-0.1, -0.05) is 42.1 Å². The molecule has 0 aliphatic carbocycles. The maximum Gasteiger partial charge on any atom is 0.308 e. The van der Waals surface area contributed by atoms with E-state index < -0.39 is 5.97 Å². The lowest BCUT2D eigenvalue weighted by Crippen LogP contribution is -2.06. The number of hydrogen-bond acceptors (Lipinski definition) is 6. The molecule has 0 radical (unpaired) electrons. The standard InChI is InChI=1S/C18H18IN3O3S/c1-12(23)25-17-15(19)8-14(9-16(17)24-2)10-21-22-18(20)26-11-13-6-4-3-5-7-13/h3-10H,11H2,1-2H3,(H2,20,22). The summed E-state index contributed by atoms with van der Waals surface area (Å²) in [4.78, 5) is 11.2. The molecule has 0 aliphatic rings. The van der Waals surface area contributed by atoms with Gasteiger partial charge in [0.15, 0.2) is 16.7 Å². The van der Waals surface area contributed by atoms with Crippen LogP contribution in [0.25, 0.3) is 0 Å². The van der Waals surface area contributed by atoms with Gasteiger partial charge in [-0.3, -0.25) is 4.79 Å². The van der Waals surface area contributed by atoms with Crippen molar-refractivity contribution in [2.24, 2.45) is 15.9 Å². The van der Waals surface area contributed by atoms with Crippen LogP contribution in [0.5, 0.6) is 11.5 Å². The summed E-state index contributed by atoms with van der Waals surface area (Å²) >= 11 is 3.48. The molecular formula is C18H18IN3O3S. The van der Waals surface area contributed by atoms with Crippen LogP contribution >= 0.6 is 34.4 Å². The smallest absolute Gasteiger partial charge is 0.308 e. The van der Waals surface area contributed by atoms with Gasteiger partial charge < -0.3 is 15.2 Å². The third-order valence-electron chi connectivity index (χ3n) is 3.09. The third kappa shape index (κ3) is 6.34. The molecule has 2 aromatic rings.